The number of furan rings is 1. The summed E-state index contributed by atoms with van der Waals surface area (Å²) in [6.07, 6.45) is 1.94. The van der Waals surface area contributed by atoms with Crippen LogP contribution in [0, 0.1) is 0 Å². The third-order valence-corrected chi connectivity index (χ3v) is 2.11. The highest BCUT2D eigenvalue weighted by atomic mass is 16.4. The Morgan fingerprint density at radius 2 is 2.12 bits per heavy atom. The van der Waals surface area contributed by atoms with E-state index in [1.165, 1.54) is 12.1 Å². The van der Waals surface area contributed by atoms with Crippen LogP contribution in [0.5, 0.6) is 0 Å². The molecular formula is C11H16N2O4. The zero-order valence-corrected chi connectivity index (χ0v) is 9.66. The molecule has 0 saturated heterocycles. The lowest BCUT2D eigenvalue weighted by atomic mass is 10.3. The predicted molar refractivity (Wildman–Crippen MR) is 60.8 cm³/mol. The van der Waals surface area contributed by atoms with E-state index in [1.54, 1.807) is 0 Å². The third kappa shape index (κ3) is 4.58. The summed E-state index contributed by atoms with van der Waals surface area (Å²) in [5, 5.41) is 13.9. The van der Waals surface area contributed by atoms with Crippen LogP contribution in [0.15, 0.2) is 16.5 Å². The van der Waals surface area contributed by atoms with Gasteiger partial charge in [0.15, 0.2) is 0 Å². The maximum Gasteiger partial charge on any atom is 0.371 e. The molecule has 1 heterocycles. The van der Waals surface area contributed by atoms with Gasteiger partial charge in [-0.15, -0.1) is 0 Å². The summed E-state index contributed by atoms with van der Waals surface area (Å²) in [6, 6.07) is 2.59. The Morgan fingerprint density at radius 1 is 1.35 bits per heavy atom. The van der Waals surface area contributed by atoms with E-state index in [0.29, 0.717) is 12.3 Å². The van der Waals surface area contributed by atoms with E-state index in [2.05, 4.69) is 10.6 Å². The first-order valence-electron chi connectivity index (χ1n) is 5.47. The average Bonchev–Trinajstić information content (AvgIpc) is 2.75. The van der Waals surface area contributed by atoms with E-state index in [-0.39, 0.29) is 18.3 Å². The third-order valence-electron chi connectivity index (χ3n) is 2.11. The molecule has 0 atom stereocenters. The molecule has 1 aromatic rings. The summed E-state index contributed by atoms with van der Waals surface area (Å²) in [6.45, 7) is 2.84. The molecule has 0 unspecified atom stereocenters. The number of carboxylic acid groups (broad SMARTS) is 1. The topological polar surface area (TPSA) is 91.6 Å². The van der Waals surface area contributed by atoms with Crippen molar-refractivity contribution in [2.24, 2.45) is 0 Å². The second kappa shape index (κ2) is 6.57. The summed E-state index contributed by atoms with van der Waals surface area (Å²) in [5.74, 6) is -0.843. The SMILES string of the molecule is CCCCNC(=O)NCc1ccc(C(=O)O)o1. The number of unbranched alkanes of at least 4 members (excludes halogenated alkanes) is 1. The summed E-state index contributed by atoms with van der Waals surface area (Å²) in [5.41, 5.74) is 0. The summed E-state index contributed by atoms with van der Waals surface area (Å²) in [4.78, 5) is 21.8. The van der Waals surface area contributed by atoms with Crippen LogP contribution in [-0.2, 0) is 6.54 Å². The monoisotopic (exact) mass is 240 g/mol. The zero-order valence-electron chi connectivity index (χ0n) is 9.66. The number of carbonyl (C=O) groups is 2. The number of hydrogen-bond acceptors (Lipinski definition) is 3. The van der Waals surface area contributed by atoms with Crippen molar-refractivity contribution in [3.63, 3.8) is 0 Å². The maximum absolute atomic E-state index is 11.3. The summed E-state index contributed by atoms with van der Waals surface area (Å²) in [7, 11) is 0. The van der Waals surface area contributed by atoms with Crippen LogP contribution in [0.3, 0.4) is 0 Å². The van der Waals surface area contributed by atoms with Crippen molar-refractivity contribution in [2.45, 2.75) is 26.3 Å². The van der Waals surface area contributed by atoms with Crippen molar-refractivity contribution in [3.05, 3.63) is 23.7 Å². The van der Waals surface area contributed by atoms with Gasteiger partial charge in [-0.1, -0.05) is 13.3 Å². The van der Waals surface area contributed by atoms with E-state index in [0.717, 1.165) is 12.8 Å². The van der Waals surface area contributed by atoms with E-state index in [9.17, 15) is 9.59 Å². The van der Waals surface area contributed by atoms with E-state index in [1.807, 2.05) is 6.92 Å². The molecule has 1 aromatic heterocycles. The molecule has 0 saturated carbocycles. The fourth-order valence-corrected chi connectivity index (χ4v) is 1.20. The molecule has 0 radical (unpaired) electrons. The predicted octanol–water partition coefficient (Wildman–Crippen LogP) is 1.58. The minimum atomic E-state index is -1.12. The van der Waals surface area contributed by atoms with Crippen molar-refractivity contribution in [1.82, 2.24) is 10.6 Å². The smallest absolute Gasteiger partial charge is 0.371 e. The molecule has 0 aromatic carbocycles. The fraction of sp³-hybridized carbons (Fsp3) is 0.455. The normalized spacial score (nSPS) is 9.94. The first-order valence-corrected chi connectivity index (χ1v) is 5.47. The molecular weight excluding hydrogens is 224 g/mol. The number of nitrogens with one attached hydrogen (secondary N) is 2. The van der Waals surface area contributed by atoms with Gasteiger partial charge in [-0.2, -0.15) is 0 Å². The van der Waals surface area contributed by atoms with E-state index < -0.39 is 5.97 Å². The van der Waals surface area contributed by atoms with Gasteiger partial charge in [-0.05, 0) is 18.6 Å². The molecule has 0 fully saturated rings. The Labute approximate surface area is 99.0 Å². The fourth-order valence-electron chi connectivity index (χ4n) is 1.20. The lowest BCUT2D eigenvalue weighted by Crippen LogP contribution is -2.35. The Kier molecular flexibility index (Phi) is 5.06. The first-order chi connectivity index (χ1) is 8.13. The zero-order chi connectivity index (χ0) is 12.7. The quantitative estimate of drug-likeness (QED) is 0.658. The lowest BCUT2D eigenvalue weighted by molar-refractivity contribution is 0.0660. The molecule has 2 amide bonds. The second-order valence-electron chi connectivity index (χ2n) is 3.53. The highest BCUT2D eigenvalue weighted by molar-refractivity contribution is 5.84. The highest BCUT2D eigenvalue weighted by Gasteiger charge is 2.09. The van der Waals surface area contributed by atoms with Gasteiger partial charge < -0.3 is 20.2 Å². The van der Waals surface area contributed by atoms with Crippen molar-refractivity contribution in [1.29, 1.82) is 0 Å². The highest BCUT2D eigenvalue weighted by Crippen LogP contribution is 2.07. The van der Waals surface area contributed by atoms with Gasteiger partial charge in [0, 0.05) is 6.54 Å². The maximum atomic E-state index is 11.3. The second-order valence-corrected chi connectivity index (χ2v) is 3.53. The molecule has 17 heavy (non-hydrogen) atoms. The van der Waals surface area contributed by atoms with E-state index >= 15 is 0 Å². The van der Waals surface area contributed by atoms with E-state index in [4.69, 9.17) is 9.52 Å². The van der Waals surface area contributed by atoms with Crippen LogP contribution in [-0.4, -0.2) is 23.7 Å². The van der Waals surface area contributed by atoms with Gasteiger partial charge in [0.2, 0.25) is 5.76 Å². The number of rotatable bonds is 6. The molecule has 6 nitrogen and oxygen atoms in total. The number of urea groups is 1. The van der Waals surface area contributed by atoms with Crippen molar-refractivity contribution < 1.29 is 19.1 Å². The van der Waals surface area contributed by atoms with Crippen LogP contribution in [0.2, 0.25) is 0 Å². The standard InChI is InChI=1S/C11H16N2O4/c1-2-3-6-12-11(16)13-7-8-4-5-9(17-8)10(14)15/h4-5H,2-3,6-7H2,1H3,(H,14,15)(H2,12,13,16). The van der Waals surface area contributed by atoms with Crippen molar-refractivity contribution in [2.75, 3.05) is 6.54 Å². The van der Waals surface area contributed by atoms with Crippen LogP contribution < -0.4 is 10.6 Å². The Hall–Kier alpha value is -1.98. The average molecular weight is 240 g/mol. The van der Waals surface area contributed by atoms with Gasteiger partial charge in [0.1, 0.15) is 5.76 Å². The Morgan fingerprint density at radius 3 is 2.71 bits per heavy atom. The number of carboxylic acids is 1. The molecule has 94 valence electrons. The van der Waals surface area contributed by atoms with Crippen LogP contribution >= 0.6 is 0 Å². The minimum absolute atomic E-state index is 0.131. The van der Waals surface area contributed by atoms with Gasteiger partial charge in [-0.25, -0.2) is 9.59 Å². The van der Waals surface area contributed by atoms with Gasteiger partial charge in [0.05, 0.1) is 6.54 Å². The van der Waals surface area contributed by atoms with Crippen molar-refractivity contribution >= 4 is 12.0 Å². The molecule has 6 heteroatoms. The summed E-state index contributed by atoms with van der Waals surface area (Å²) < 4.78 is 4.98. The van der Waals surface area contributed by atoms with Gasteiger partial charge in [0.25, 0.3) is 0 Å². The molecule has 0 bridgehead atoms. The Balaban J connectivity index is 2.29. The number of hydrogen-bond donors (Lipinski definition) is 3. The number of amides is 2. The van der Waals surface area contributed by atoms with Crippen LogP contribution in [0.4, 0.5) is 4.79 Å². The van der Waals surface area contributed by atoms with Crippen molar-refractivity contribution in [3.8, 4) is 0 Å². The van der Waals surface area contributed by atoms with Gasteiger partial charge >= 0.3 is 12.0 Å². The molecule has 0 aliphatic carbocycles. The minimum Gasteiger partial charge on any atom is -0.475 e. The summed E-state index contributed by atoms with van der Waals surface area (Å²) >= 11 is 0. The molecule has 0 aliphatic heterocycles. The molecule has 0 spiro atoms. The number of carbonyl (C=O) groups excluding carboxylic acids is 1. The largest absolute Gasteiger partial charge is 0.475 e. The molecule has 0 aliphatic rings. The first kappa shape index (κ1) is 13.1. The number of aromatic carboxylic acids is 1. The lowest BCUT2D eigenvalue weighted by Gasteiger charge is -2.05. The molecule has 3 N–H and O–H groups in total. The van der Waals surface area contributed by atoms with Crippen LogP contribution in [0.25, 0.3) is 0 Å². The Bertz CT molecular complexity index is 387. The van der Waals surface area contributed by atoms with Crippen LogP contribution in [0.1, 0.15) is 36.1 Å². The van der Waals surface area contributed by atoms with Gasteiger partial charge in [-0.3, -0.25) is 0 Å². The molecule has 1 rings (SSSR count).